The number of fused-ring (bicyclic) bond motifs is 1. The molecule has 0 atom stereocenters. The van der Waals surface area contributed by atoms with Gasteiger partial charge in [0.15, 0.2) is 0 Å². The number of hydrogen-bond donors (Lipinski definition) is 1. The number of carbonyl (C=O) groups is 1. The van der Waals surface area contributed by atoms with Crippen molar-refractivity contribution in [2.24, 2.45) is 0 Å². The zero-order valence-electron chi connectivity index (χ0n) is 15.0. The Morgan fingerprint density at radius 2 is 1.88 bits per heavy atom. The zero-order chi connectivity index (χ0) is 18.4. The molecule has 0 aliphatic heterocycles. The van der Waals surface area contributed by atoms with E-state index in [0.29, 0.717) is 12.3 Å². The van der Waals surface area contributed by atoms with Crippen LogP contribution in [0.3, 0.4) is 0 Å². The number of para-hydroxylation sites is 1. The lowest BCUT2D eigenvalue weighted by molar-refractivity contribution is -0.139. The first kappa shape index (κ1) is 17.7. The Kier molecular flexibility index (Phi) is 5.69. The number of nitrogens with one attached hydrogen (secondary N) is 1. The number of ether oxygens (including phenoxy) is 2. The van der Waals surface area contributed by atoms with Gasteiger partial charge in [0.1, 0.15) is 5.75 Å². The van der Waals surface area contributed by atoms with Gasteiger partial charge < -0.3 is 14.8 Å². The van der Waals surface area contributed by atoms with Gasteiger partial charge >= 0.3 is 5.97 Å². The summed E-state index contributed by atoms with van der Waals surface area (Å²) in [5, 5.41) is 4.41. The van der Waals surface area contributed by atoms with E-state index >= 15 is 0 Å². The highest BCUT2D eigenvalue weighted by Crippen LogP contribution is 2.27. The summed E-state index contributed by atoms with van der Waals surface area (Å²) >= 11 is 0. The van der Waals surface area contributed by atoms with E-state index in [1.54, 1.807) is 0 Å². The Balaban J connectivity index is 1.89. The predicted molar refractivity (Wildman–Crippen MR) is 103 cm³/mol. The molecule has 0 spiro atoms. The number of nitrogens with zero attached hydrogens (tertiary/aromatic N) is 1. The highest BCUT2D eigenvalue weighted by molar-refractivity contribution is 5.93. The van der Waals surface area contributed by atoms with E-state index in [1.807, 2.05) is 54.6 Å². The van der Waals surface area contributed by atoms with E-state index in [4.69, 9.17) is 9.47 Å². The van der Waals surface area contributed by atoms with E-state index in [9.17, 15) is 4.79 Å². The van der Waals surface area contributed by atoms with Crippen molar-refractivity contribution in [3.63, 3.8) is 0 Å². The number of hydrogen-bond acceptors (Lipinski definition) is 5. The molecule has 1 heterocycles. The number of rotatable bonds is 7. The number of aromatic nitrogens is 1. The van der Waals surface area contributed by atoms with Gasteiger partial charge in [-0.05, 0) is 42.8 Å². The number of esters is 1. The molecular weight excluding hydrogens is 328 g/mol. The molecule has 1 aromatic heterocycles. The molecule has 0 unspecified atom stereocenters. The molecule has 0 saturated carbocycles. The van der Waals surface area contributed by atoms with Crippen molar-refractivity contribution >= 4 is 28.2 Å². The van der Waals surface area contributed by atoms with Gasteiger partial charge in [0.2, 0.25) is 0 Å². The molecule has 3 rings (SSSR count). The second-order valence-corrected chi connectivity index (χ2v) is 5.93. The highest BCUT2D eigenvalue weighted by atomic mass is 16.5. The first-order valence-corrected chi connectivity index (χ1v) is 8.65. The van der Waals surface area contributed by atoms with Gasteiger partial charge in [0.05, 0.1) is 31.3 Å². The predicted octanol–water partition coefficient (Wildman–Crippen LogP) is 4.48. The van der Waals surface area contributed by atoms with Crippen LogP contribution in [0.5, 0.6) is 5.75 Å². The lowest BCUT2D eigenvalue weighted by Crippen LogP contribution is -2.07. The third kappa shape index (κ3) is 4.30. The van der Waals surface area contributed by atoms with Gasteiger partial charge in [-0.25, -0.2) is 0 Å². The van der Waals surface area contributed by atoms with E-state index in [0.717, 1.165) is 34.4 Å². The van der Waals surface area contributed by atoms with Crippen LogP contribution in [0.25, 0.3) is 10.9 Å². The Bertz CT molecular complexity index is 891. The van der Waals surface area contributed by atoms with Gasteiger partial charge in [0.25, 0.3) is 0 Å². The van der Waals surface area contributed by atoms with Crippen LogP contribution in [0.1, 0.15) is 19.0 Å². The Labute approximate surface area is 153 Å². The van der Waals surface area contributed by atoms with Crippen LogP contribution in [-0.4, -0.2) is 24.7 Å². The molecule has 134 valence electrons. The normalized spacial score (nSPS) is 10.5. The summed E-state index contributed by atoms with van der Waals surface area (Å²) in [6.45, 7) is 2.79. The largest absolute Gasteiger partial charge is 0.494 e. The zero-order valence-corrected chi connectivity index (χ0v) is 15.0. The van der Waals surface area contributed by atoms with Gasteiger partial charge in [-0.2, -0.15) is 0 Å². The molecule has 0 fully saturated rings. The summed E-state index contributed by atoms with van der Waals surface area (Å²) in [7, 11) is 1.38. The van der Waals surface area contributed by atoms with Crippen LogP contribution >= 0.6 is 0 Å². The third-order valence-electron chi connectivity index (χ3n) is 3.93. The molecule has 5 heteroatoms. The van der Waals surface area contributed by atoms with Crippen molar-refractivity contribution in [2.75, 3.05) is 19.0 Å². The smallest absolute Gasteiger partial charge is 0.311 e. The average molecular weight is 350 g/mol. The fraction of sp³-hybridized carbons (Fsp3) is 0.238. The minimum Gasteiger partial charge on any atom is -0.494 e. The van der Waals surface area contributed by atoms with E-state index in [-0.39, 0.29) is 12.4 Å². The van der Waals surface area contributed by atoms with Crippen LogP contribution in [0.2, 0.25) is 0 Å². The molecule has 1 N–H and O–H groups in total. The summed E-state index contributed by atoms with van der Waals surface area (Å²) in [6, 6.07) is 17.6. The lowest BCUT2D eigenvalue weighted by atomic mass is 10.1. The number of methoxy groups -OCH3 is 1. The number of carbonyl (C=O) groups excluding carboxylic acids is 1. The summed E-state index contributed by atoms with van der Waals surface area (Å²) < 4.78 is 10.4. The molecule has 0 amide bonds. The molecule has 0 bridgehead atoms. The van der Waals surface area contributed by atoms with Crippen molar-refractivity contribution in [3.8, 4) is 5.75 Å². The maximum Gasteiger partial charge on any atom is 0.311 e. The fourth-order valence-electron chi connectivity index (χ4n) is 2.65. The molecule has 0 aliphatic rings. The van der Waals surface area contributed by atoms with Crippen LogP contribution < -0.4 is 10.1 Å². The Morgan fingerprint density at radius 3 is 2.62 bits per heavy atom. The maximum atomic E-state index is 11.6. The monoisotopic (exact) mass is 350 g/mol. The molecule has 0 aliphatic carbocycles. The maximum absolute atomic E-state index is 11.6. The summed E-state index contributed by atoms with van der Waals surface area (Å²) in [5.41, 5.74) is 3.34. The molecule has 5 nitrogen and oxygen atoms in total. The lowest BCUT2D eigenvalue weighted by Gasteiger charge is -2.12. The topological polar surface area (TPSA) is 60.5 Å². The van der Waals surface area contributed by atoms with Gasteiger partial charge in [-0.15, -0.1) is 0 Å². The van der Waals surface area contributed by atoms with E-state index in [1.165, 1.54) is 7.11 Å². The SMILES string of the molecule is CCCOc1ccc(Nc2cc(CC(=O)OC)nc3ccccc23)cc1. The van der Waals surface area contributed by atoms with Crippen LogP contribution in [-0.2, 0) is 16.0 Å². The molecular formula is C21H22N2O3. The second-order valence-electron chi connectivity index (χ2n) is 5.93. The summed E-state index contributed by atoms with van der Waals surface area (Å²) in [5.74, 6) is 0.541. The molecule has 0 saturated heterocycles. The van der Waals surface area contributed by atoms with Gasteiger partial charge in [-0.3, -0.25) is 9.78 Å². The van der Waals surface area contributed by atoms with Crippen LogP contribution in [0.15, 0.2) is 54.6 Å². The highest BCUT2D eigenvalue weighted by Gasteiger charge is 2.10. The fourth-order valence-corrected chi connectivity index (χ4v) is 2.65. The van der Waals surface area contributed by atoms with Crippen molar-refractivity contribution in [1.29, 1.82) is 0 Å². The molecule has 2 aromatic carbocycles. The standard InChI is InChI=1S/C21H22N2O3/c1-3-12-26-17-10-8-15(9-11-17)22-20-13-16(14-21(24)25-2)23-19-7-5-4-6-18(19)20/h4-11,13H,3,12,14H2,1-2H3,(H,22,23). The number of benzene rings is 2. The van der Waals surface area contributed by atoms with Crippen LogP contribution in [0.4, 0.5) is 11.4 Å². The van der Waals surface area contributed by atoms with Gasteiger partial charge in [0, 0.05) is 16.8 Å². The average Bonchev–Trinajstić information content (AvgIpc) is 2.67. The second kappa shape index (κ2) is 8.34. The molecule has 0 radical (unpaired) electrons. The molecule has 26 heavy (non-hydrogen) atoms. The molecule has 3 aromatic rings. The van der Waals surface area contributed by atoms with E-state index < -0.39 is 0 Å². The minimum absolute atomic E-state index is 0.139. The van der Waals surface area contributed by atoms with Crippen molar-refractivity contribution < 1.29 is 14.3 Å². The quantitative estimate of drug-likeness (QED) is 0.637. The number of anilines is 2. The first-order valence-electron chi connectivity index (χ1n) is 8.65. The first-order chi connectivity index (χ1) is 12.7. The minimum atomic E-state index is -0.309. The summed E-state index contributed by atoms with van der Waals surface area (Å²) in [4.78, 5) is 16.2. The Hall–Kier alpha value is -3.08. The Morgan fingerprint density at radius 1 is 1.12 bits per heavy atom. The van der Waals surface area contributed by atoms with E-state index in [2.05, 4.69) is 17.2 Å². The summed E-state index contributed by atoms with van der Waals surface area (Å²) in [6.07, 6.45) is 1.12. The number of pyridine rings is 1. The van der Waals surface area contributed by atoms with Crippen LogP contribution in [0, 0.1) is 0 Å². The van der Waals surface area contributed by atoms with Crippen molar-refractivity contribution in [2.45, 2.75) is 19.8 Å². The van der Waals surface area contributed by atoms with Crippen molar-refractivity contribution in [3.05, 3.63) is 60.3 Å². The van der Waals surface area contributed by atoms with Crippen molar-refractivity contribution in [1.82, 2.24) is 4.98 Å². The van der Waals surface area contributed by atoms with Gasteiger partial charge in [-0.1, -0.05) is 25.1 Å². The third-order valence-corrected chi connectivity index (χ3v) is 3.93.